The largest absolute Gasteiger partial charge is 0.326 e. The van der Waals surface area contributed by atoms with Crippen molar-refractivity contribution >= 4 is 23.1 Å². The van der Waals surface area contributed by atoms with Crippen LogP contribution in [0.1, 0.15) is 17.5 Å². The van der Waals surface area contributed by atoms with Crippen LogP contribution < -0.4 is 4.90 Å². The molecule has 0 bridgehead atoms. The molecule has 3 rings (SSSR count). The summed E-state index contributed by atoms with van der Waals surface area (Å²) >= 11 is 6.08. The van der Waals surface area contributed by atoms with Crippen molar-refractivity contribution in [2.75, 3.05) is 11.4 Å². The molecule has 4 heteroatoms. The SMILES string of the molecule is Cc1c(Cl)ncnc1N1CCCc2ccccc21. The molecule has 0 radical (unpaired) electrons. The number of halogens is 1. The molecule has 0 fully saturated rings. The van der Waals surface area contributed by atoms with Crippen molar-refractivity contribution in [1.29, 1.82) is 0 Å². The molecule has 3 nitrogen and oxygen atoms in total. The average Bonchev–Trinajstić information content (AvgIpc) is 2.41. The summed E-state index contributed by atoms with van der Waals surface area (Å²) in [7, 11) is 0. The number of para-hydroxylation sites is 1. The average molecular weight is 260 g/mol. The first-order chi connectivity index (χ1) is 8.77. The van der Waals surface area contributed by atoms with E-state index in [9.17, 15) is 0 Å². The van der Waals surface area contributed by atoms with E-state index < -0.39 is 0 Å². The third-order valence-corrected chi connectivity index (χ3v) is 3.74. The van der Waals surface area contributed by atoms with Gasteiger partial charge in [-0.15, -0.1) is 0 Å². The standard InChI is InChI=1S/C14H14ClN3/c1-10-13(15)16-9-17-14(10)18-8-4-6-11-5-2-3-7-12(11)18/h2-3,5,7,9H,4,6,8H2,1H3. The Hall–Kier alpha value is -1.61. The Morgan fingerprint density at radius 2 is 2.06 bits per heavy atom. The fourth-order valence-corrected chi connectivity index (χ4v) is 2.57. The molecule has 0 spiro atoms. The van der Waals surface area contributed by atoms with Crippen molar-refractivity contribution in [3.8, 4) is 0 Å². The fraction of sp³-hybridized carbons (Fsp3) is 0.286. The second-order valence-electron chi connectivity index (χ2n) is 4.50. The van der Waals surface area contributed by atoms with Gasteiger partial charge in [-0.05, 0) is 31.4 Å². The van der Waals surface area contributed by atoms with Crippen LogP contribution in [0.2, 0.25) is 5.15 Å². The summed E-state index contributed by atoms with van der Waals surface area (Å²) < 4.78 is 0. The van der Waals surface area contributed by atoms with Crippen LogP contribution in [0, 0.1) is 6.92 Å². The van der Waals surface area contributed by atoms with E-state index in [4.69, 9.17) is 11.6 Å². The van der Waals surface area contributed by atoms with Crippen molar-refractivity contribution in [2.45, 2.75) is 19.8 Å². The number of nitrogens with zero attached hydrogens (tertiary/aromatic N) is 3. The molecule has 0 saturated carbocycles. The van der Waals surface area contributed by atoms with Crippen LogP contribution in [0.5, 0.6) is 0 Å². The van der Waals surface area contributed by atoms with Crippen LogP contribution in [0.15, 0.2) is 30.6 Å². The summed E-state index contributed by atoms with van der Waals surface area (Å²) in [5.74, 6) is 0.919. The van der Waals surface area contributed by atoms with Gasteiger partial charge in [-0.2, -0.15) is 0 Å². The highest BCUT2D eigenvalue weighted by molar-refractivity contribution is 6.30. The fourth-order valence-electron chi connectivity index (χ4n) is 2.45. The Kier molecular flexibility index (Phi) is 2.92. The van der Waals surface area contributed by atoms with E-state index in [0.717, 1.165) is 30.8 Å². The van der Waals surface area contributed by atoms with Crippen molar-refractivity contribution in [3.63, 3.8) is 0 Å². The highest BCUT2D eigenvalue weighted by Crippen LogP contribution is 2.34. The highest BCUT2D eigenvalue weighted by Gasteiger charge is 2.20. The zero-order valence-corrected chi connectivity index (χ0v) is 11.0. The van der Waals surface area contributed by atoms with Gasteiger partial charge in [-0.25, -0.2) is 9.97 Å². The molecule has 2 aromatic rings. The maximum atomic E-state index is 6.08. The van der Waals surface area contributed by atoms with Gasteiger partial charge >= 0.3 is 0 Å². The predicted molar refractivity (Wildman–Crippen MR) is 73.5 cm³/mol. The molecular formula is C14H14ClN3. The maximum Gasteiger partial charge on any atom is 0.140 e. The van der Waals surface area contributed by atoms with Gasteiger partial charge in [0.25, 0.3) is 0 Å². The number of benzene rings is 1. The lowest BCUT2D eigenvalue weighted by Gasteiger charge is -2.31. The minimum Gasteiger partial charge on any atom is -0.326 e. The zero-order chi connectivity index (χ0) is 12.5. The van der Waals surface area contributed by atoms with Crippen LogP contribution in [0.25, 0.3) is 0 Å². The Balaban J connectivity index is 2.11. The molecule has 1 aromatic heterocycles. The summed E-state index contributed by atoms with van der Waals surface area (Å²) in [6.45, 7) is 2.94. The molecule has 1 aliphatic heterocycles. The van der Waals surface area contributed by atoms with Gasteiger partial charge in [0.2, 0.25) is 0 Å². The summed E-state index contributed by atoms with van der Waals surface area (Å²) in [6, 6.07) is 8.47. The number of aryl methyl sites for hydroxylation is 1. The third-order valence-electron chi connectivity index (χ3n) is 3.36. The molecule has 2 heterocycles. The molecule has 0 atom stereocenters. The van der Waals surface area contributed by atoms with Crippen LogP contribution in [0.4, 0.5) is 11.5 Å². The minimum atomic E-state index is 0.531. The summed E-state index contributed by atoms with van der Waals surface area (Å²) in [5.41, 5.74) is 3.55. The van der Waals surface area contributed by atoms with Gasteiger partial charge < -0.3 is 4.90 Å². The Labute approximate surface area is 111 Å². The second-order valence-corrected chi connectivity index (χ2v) is 4.86. The molecule has 1 aliphatic rings. The lowest BCUT2D eigenvalue weighted by Crippen LogP contribution is -2.26. The molecule has 0 amide bonds. The highest BCUT2D eigenvalue weighted by atomic mass is 35.5. The van der Waals surface area contributed by atoms with Gasteiger partial charge in [0.05, 0.1) is 0 Å². The van der Waals surface area contributed by atoms with E-state index >= 15 is 0 Å². The molecule has 0 aliphatic carbocycles. The number of hydrogen-bond acceptors (Lipinski definition) is 3. The van der Waals surface area contributed by atoms with E-state index in [2.05, 4.69) is 39.1 Å². The molecule has 18 heavy (non-hydrogen) atoms. The van der Waals surface area contributed by atoms with E-state index in [1.54, 1.807) is 0 Å². The van der Waals surface area contributed by atoms with Crippen molar-refractivity contribution in [3.05, 3.63) is 46.9 Å². The molecular weight excluding hydrogens is 246 g/mol. The summed E-state index contributed by atoms with van der Waals surface area (Å²) in [5, 5.41) is 0.531. The monoisotopic (exact) mass is 259 g/mol. The molecule has 0 unspecified atom stereocenters. The van der Waals surface area contributed by atoms with Crippen molar-refractivity contribution in [2.24, 2.45) is 0 Å². The zero-order valence-electron chi connectivity index (χ0n) is 10.2. The first kappa shape index (κ1) is 11.5. The molecule has 1 aromatic carbocycles. The minimum absolute atomic E-state index is 0.531. The number of hydrogen-bond donors (Lipinski definition) is 0. The quantitative estimate of drug-likeness (QED) is 0.734. The topological polar surface area (TPSA) is 29.0 Å². The van der Waals surface area contributed by atoms with E-state index in [0.29, 0.717) is 5.15 Å². The molecule has 0 N–H and O–H groups in total. The van der Waals surface area contributed by atoms with E-state index in [1.807, 2.05) is 6.92 Å². The molecule has 92 valence electrons. The predicted octanol–water partition coefficient (Wildman–Crippen LogP) is 3.52. The van der Waals surface area contributed by atoms with Crippen molar-refractivity contribution in [1.82, 2.24) is 9.97 Å². The van der Waals surface area contributed by atoms with E-state index in [1.165, 1.54) is 17.6 Å². The maximum absolute atomic E-state index is 6.08. The number of rotatable bonds is 1. The number of anilines is 2. The first-order valence-corrected chi connectivity index (χ1v) is 6.47. The smallest absolute Gasteiger partial charge is 0.140 e. The lowest BCUT2D eigenvalue weighted by atomic mass is 10.0. The summed E-state index contributed by atoms with van der Waals surface area (Å²) in [6.07, 6.45) is 3.80. The van der Waals surface area contributed by atoms with Crippen LogP contribution in [0.3, 0.4) is 0 Å². The van der Waals surface area contributed by atoms with Gasteiger partial charge in [0.1, 0.15) is 17.3 Å². The Morgan fingerprint density at radius 3 is 2.94 bits per heavy atom. The van der Waals surface area contributed by atoms with Crippen molar-refractivity contribution < 1.29 is 0 Å². The van der Waals surface area contributed by atoms with Crippen LogP contribution in [-0.4, -0.2) is 16.5 Å². The molecule has 0 saturated heterocycles. The number of fused-ring (bicyclic) bond motifs is 1. The Bertz CT molecular complexity index is 583. The van der Waals surface area contributed by atoms with Gasteiger partial charge in [-0.1, -0.05) is 29.8 Å². The third kappa shape index (κ3) is 1.85. The summed E-state index contributed by atoms with van der Waals surface area (Å²) in [4.78, 5) is 10.6. The first-order valence-electron chi connectivity index (χ1n) is 6.10. The van der Waals surface area contributed by atoms with Crippen LogP contribution >= 0.6 is 11.6 Å². The number of aromatic nitrogens is 2. The van der Waals surface area contributed by atoms with Gasteiger partial charge in [0.15, 0.2) is 0 Å². The van der Waals surface area contributed by atoms with Crippen LogP contribution in [-0.2, 0) is 6.42 Å². The Morgan fingerprint density at radius 1 is 1.22 bits per heavy atom. The van der Waals surface area contributed by atoms with Gasteiger partial charge in [0, 0.05) is 17.8 Å². The normalized spacial score (nSPS) is 14.4. The van der Waals surface area contributed by atoms with Gasteiger partial charge in [-0.3, -0.25) is 0 Å². The lowest BCUT2D eigenvalue weighted by molar-refractivity contribution is 0.756. The van der Waals surface area contributed by atoms with E-state index in [-0.39, 0.29) is 0 Å². The second kappa shape index (κ2) is 4.58.